The van der Waals surface area contributed by atoms with Crippen LogP contribution >= 0.6 is 23.1 Å². The van der Waals surface area contributed by atoms with Gasteiger partial charge in [0.1, 0.15) is 16.4 Å². The highest BCUT2D eigenvalue weighted by Gasteiger charge is 2.19. The minimum absolute atomic E-state index is 0.0999. The fourth-order valence-corrected chi connectivity index (χ4v) is 4.84. The zero-order valence-electron chi connectivity index (χ0n) is 16.5. The molecule has 1 atom stereocenters. The second-order valence-electron chi connectivity index (χ2n) is 6.64. The van der Waals surface area contributed by atoms with E-state index in [-0.39, 0.29) is 10.8 Å². The average Bonchev–Trinajstić information content (AvgIpc) is 3.26. The predicted molar refractivity (Wildman–Crippen MR) is 114 cm³/mol. The number of nitrogens with zero attached hydrogens (tertiary/aromatic N) is 5. The molecule has 1 unspecified atom stereocenters. The van der Waals surface area contributed by atoms with Gasteiger partial charge in [-0.3, -0.25) is 4.79 Å². The van der Waals surface area contributed by atoms with E-state index in [2.05, 4.69) is 25.5 Å². The molecule has 8 nitrogen and oxygen atoms in total. The van der Waals surface area contributed by atoms with Gasteiger partial charge in [-0.25, -0.2) is 9.67 Å². The molecule has 4 aromatic rings. The first-order valence-electron chi connectivity index (χ1n) is 9.02. The van der Waals surface area contributed by atoms with Gasteiger partial charge in [-0.05, 0) is 54.5 Å². The second kappa shape index (κ2) is 7.96. The van der Waals surface area contributed by atoms with Crippen LogP contribution in [-0.4, -0.2) is 37.3 Å². The summed E-state index contributed by atoms with van der Waals surface area (Å²) in [5.74, 6) is 1.42. The Bertz CT molecular complexity index is 1210. The summed E-state index contributed by atoms with van der Waals surface area (Å²) in [4.78, 5) is 22.0. The molecule has 1 aromatic carbocycles. The standard InChI is InChI=1S/C19H20N6O2S2/c1-10-11(2)28-18-15(10)17(26)20-16(21-18)12(3)29-19-22-23-24-25(19)9-13-5-7-14(27-4)8-6-13/h5-8,12H,9H2,1-4H3,(H,20,21,26). The highest BCUT2D eigenvalue weighted by molar-refractivity contribution is 7.99. The number of fused-ring (bicyclic) bond motifs is 1. The van der Waals surface area contributed by atoms with E-state index in [1.165, 1.54) is 11.8 Å². The van der Waals surface area contributed by atoms with Crippen molar-refractivity contribution in [3.63, 3.8) is 0 Å². The quantitative estimate of drug-likeness (QED) is 0.469. The van der Waals surface area contributed by atoms with Gasteiger partial charge in [0.15, 0.2) is 0 Å². The first-order chi connectivity index (χ1) is 14.0. The van der Waals surface area contributed by atoms with E-state index in [1.807, 2.05) is 45.0 Å². The Hall–Kier alpha value is -2.72. The summed E-state index contributed by atoms with van der Waals surface area (Å²) in [5.41, 5.74) is 1.95. The number of tetrazole rings is 1. The number of hydrogen-bond acceptors (Lipinski definition) is 8. The highest BCUT2D eigenvalue weighted by Crippen LogP contribution is 2.33. The summed E-state index contributed by atoms with van der Waals surface area (Å²) in [7, 11) is 1.64. The fraction of sp³-hybridized carbons (Fsp3) is 0.316. The van der Waals surface area contributed by atoms with Crippen LogP contribution in [0.4, 0.5) is 0 Å². The van der Waals surface area contributed by atoms with Gasteiger partial charge in [-0.1, -0.05) is 23.9 Å². The van der Waals surface area contributed by atoms with Crippen molar-refractivity contribution in [2.24, 2.45) is 0 Å². The molecule has 0 amide bonds. The van der Waals surface area contributed by atoms with Gasteiger partial charge in [0, 0.05) is 4.88 Å². The summed E-state index contributed by atoms with van der Waals surface area (Å²) >= 11 is 3.00. The molecule has 0 aliphatic rings. The monoisotopic (exact) mass is 428 g/mol. The molecule has 3 aromatic heterocycles. The van der Waals surface area contributed by atoms with Crippen LogP contribution in [0.25, 0.3) is 10.2 Å². The van der Waals surface area contributed by atoms with Crippen LogP contribution in [0.2, 0.25) is 0 Å². The van der Waals surface area contributed by atoms with Gasteiger partial charge in [0.25, 0.3) is 5.56 Å². The van der Waals surface area contributed by atoms with Crippen LogP contribution in [0.5, 0.6) is 5.75 Å². The summed E-state index contributed by atoms with van der Waals surface area (Å²) < 4.78 is 6.93. The van der Waals surface area contributed by atoms with Crippen LogP contribution < -0.4 is 10.3 Å². The Labute approximate surface area is 175 Å². The fourth-order valence-electron chi connectivity index (χ4n) is 2.96. The molecule has 0 aliphatic heterocycles. The maximum absolute atomic E-state index is 12.5. The number of aromatic amines is 1. The van der Waals surface area contributed by atoms with Gasteiger partial charge in [0.05, 0.1) is 24.3 Å². The van der Waals surface area contributed by atoms with Gasteiger partial charge < -0.3 is 9.72 Å². The van der Waals surface area contributed by atoms with E-state index in [4.69, 9.17) is 4.74 Å². The Kier molecular flexibility index (Phi) is 5.37. The maximum Gasteiger partial charge on any atom is 0.259 e. The Balaban J connectivity index is 1.56. The Morgan fingerprint density at radius 3 is 2.76 bits per heavy atom. The summed E-state index contributed by atoms with van der Waals surface area (Å²) in [5, 5.41) is 13.3. The summed E-state index contributed by atoms with van der Waals surface area (Å²) in [6.07, 6.45) is 0. The number of thiophene rings is 1. The molecule has 0 saturated heterocycles. The van der Waals surface area contributed by atoms with Crippen LogP contribution in [-0.2, 0) is 6.54 Å². The third kappa shape index (κ3) is 3.90. The average molecular weight is 429 g/mol. The molecular weight excluding hydrogens is 408 g/mol. The van der Waals surface area contributed by atoms with E-state index >= 15 is 0 Å². The van der Waals surface area contributed by atoms with Crippen molar-refractivity contribution in [3.8, 4) is 5.75 Å². The van der Waals surface area contributed by atoms with E-state index in [0.717, 1.165) is 26.6 Å². The molecule has 1 N–H and O–H groups in total. The van der Waals surface area contributed by atoms with Crippen molar-refractivity contribution < 1.29 is 4.74 Å². The van der Waals surface area contributed by atoms with E-state index in [9.17, 15) is 4.79 Å². The van der Waals surface area contributed by atoms with Crippen molar-refractivity contribution in [2.45, 2.75) is 37.7 Å². The Morgan fingerprint density at radius 1 is 1.28 bits per heavy atom. The summed E-state index contributed by atoms with van der Waals surface area (Å²) in [6, 6.07) is 7.77. The number of hydrogen-bond donors (Lipinski definition) is 1. The lowest BCUT2D eigenvalue weighted by atomic mass is 10.2. The number of aromatic nitrogens is 6. The molecule has 0 fully saturated rings. The minimum atomic E-state index is -0.115. The lowest BCUT2D eigenvalue weighted by Gasteiger charge is -2.10. The number of ether oxygens (including phenoxy) is 1. The molecular formula is C19H20N6O2S2. The van der Waals surface area contributed by atoms with Crippen molar-refractivity contribution in [3.05, 3.63) is 56.4 Å². The van der Waals surface area contributed by atoms with Gasteiger partial charge in [0.2, 0.25) is 5.16 Å². The second-order valence-corrected chi connectivity index (χ2v) is 9.15. The van der Waals surface area contributed by atoms with Crippen molar-refractivity contribution in [1.29, 1.82) is 0 Å². The lowest BCUT2D eigenvalue weighted by Crippen LogP contribution is -2.13. The van der Waals surface area contributed by atoms with Gasteiger partial charge in [-0.2, -0.15) is 0 Å². The molecule has 0 spiro atoms. The summed E-state index contributed by atoms with van der Waals surface area (Å²) in [6.45, 7) is 6.48. The zero-order chi connectivity index (χ0) is 20.5. The number of H-pyrrole nitrogens is 1. The molecule has 0 bridgehead atoms. The first-order valence-corrected chi connectivity index (χ1v) is 10.7. The van der Waals surface area contributed by atoms with Crippen LogP contribution in [0.3, 0.4) is 0 Å². The molecule has 0 radical (unpaired) electrons. The van der Waals surface area contributed by atoms with Crippen LogP contribution in [0.1, 0.15) is 34.0 Å². The number of aryl methyl sites for hydroxylation is 2. The van der Waals surface area contributed by atoms with E-state index < -0.39 is 0 Å². The normalized spacial score (nSPS) is 12.4. The van der Waals surface area contributed by atoms with Crippen molar-refractivity contribution in [1.82, 2.24) is 30.2 Å². The van der Waals surface area contributed by atoms with Crippen LogP contribution in [0, 0.1) is 13.8 Å². The molecule has 3 heterocycles. The number of methoxy groups -OCH3 is 1. The van der Waals surface area contributed by atoms with Gasteiger partial charge in [-0.15, -0.1) is 16.4 Å². The zero-order valence-corrected chi connectivity index (χ0v) is 18.1. The number of thioether (sulfide) groups is 1. The molecule has 0 aliphatic carbocycles. The smallest absolute Gasteiger partial charge is 0.259 e. The maximum atomic E-state index is 12.5. The number of rotatable bonds is 6. The predicted octanol–water partition coefficient (Wildman–Crippen LogP) is 3.50. The number of benzene rings is 1. The van der Waals surface area contributed by atoms with Crippen molar-refractivity contribution >= 4 is 33.3 Å². The van der Waals surface area contributed by atoms with Gasteiger partial charge >= 0.3 is 0 Å². The van der Waals surface area contributed by atoms with E-state index in [1.54, 1.807) is 23.1 Å². The third-order valence-electron chi connectivity index (χ3n) is 4.72. The molecule has 150 valence electrons. The minimum Gasteiger partial charge on any atom is -0.497 e. The largest absolute Gasteiger partial charge is 0.497 e. The molecule has 29 heavy (non-hydrogen) atoms. The topological polar surface area (TPSA) is 98.6 Å². The first kappa shape index (κ1) is 19.6. The van der Waals surface area contributed by atoms with E-state index in [0.29, 0.717) is 22.9 Å². The SMILES string of the molecule is COc1ccc(Cn2nnnc2SC(C)c2nc3sc(C)c(C)c3c(=O)[nH]2)cc1. The highest BCUT2D eigenvalue weighted by atomic mass is 32.2. The van der Waals surface area contributed by atoms with Crippen LogP contribution in [0.15, 0.2) is 34.2 Å². The lowest BCUT2D eigenvalue weighted by molar-refractivity contribution is 0.414. The third-order valence-corrected chi connectivity index (χ3v) is 6.90. The molecule has 4 rings (SSSR count). The molecule has 10 heteroatoms. The Morgan fingerprint density at radius 2 is 2.03 bits per heavy atom. The number of nitrogens with one attached hydrogen (secondary N) is 1. The molecule has 0 saturated carbocycles. The van der Waals surface area contributed by atoms with Crippen molar-refractivity contribution in [2.75, 3.05) is 7.11 Å².